The molecule has 0 bridgehead atoms. The third kappa shape index (κ3) is 1.92. The second-order valence-electron chi connectivity index (χ2n) is 4.43. The summed E-state index contributed by atoms with van der Waals surface area (Å²) in [6.45, 7) is 0.827. The average molecular weight is 283 g/mol. The molecule has 1 aliphatic heterocycles. The topological polar surface area (TPSA) is 38.0 Å². The SMILES string of the molecule is OC1CCCn2c(-c3cccc(Cl)c3)nc(Cl)c21. The van der Waals surface area contributed by atoms with Crippen LogP contribution in [0.15, 0.2) is 24.3 Å². The molecule has 2 aromatic rings. The Morgan fingerprint density at radius 3 is 2.94 bits per heavy atom. The Morgan fingerprint density at radius 2 is 2.17 bits per heavy atom. The number of halogens is 2. The summed E-state index contributed by atoms with van der Waals surface area (Å²) in [5.74, 6) is 0.774. The van der Waals surface area contributed by atoms with Gasteiger partial charge in [-0.05, 0) is 25.0 Å². The van der Waals surface area contributed by atoms with Crippen LogP contribution in [0.4, 0.5) is 0 Å². The first-order chi connectivity index (χ1) is 8.66. The first kappa shape index (κ1) is 12.0. The van der Waals surface area contributed by atoms with Crippen LogP contribution in [-0.2, 0) is 6.54 Å². The molecule has 1 N–H and O–H groups in total. The number of aliphatic hydroxyl groups is 1. The van der Waals surface area contributed by atoms with Gasteiger partial charge in [0.1, 0.15) is 5.82 Å². The standard InChI is InChI=1S/C13H12Cl2N2O/c14-9-4-1-3-8(7-9)13-16-12(15)11-10(18)5-2-6-17(11)13/h1,3-4,7,10,18H,2,5-6H2. The molecule has 0 saturated heterocycles. The van der Waals surface area contributed by atoms with E-state index in [0.717, 1.165) is 36.5 Å². The monoisotopic (exact) mass is 282 g/mol. The third-order valence-electron chi connectivity index (χ3n) is 3.22. The highest BCUT2D eigenvalue weighted by molar-refractivity contribution is 6.31. The lowest BCUT2D eigenvalue weighted by atomic mass is 10.1. The van der Waals surface area contributed by atoms with Gasteiger partial charge in [-0.15, -0.1) is 0 Å². The van der Waals surface area contributed by atoms with Crippen molar-refractivity contribution >= 4 is 23.2 Å². The number of imidazole rings is 1. The fraction of sp³-hybridized carbons (Fsp3) is 0.308. The third-order valence-corrected chi connectivity index (χ3v) is 3.73. The van der Waals surface area contributed by atoms with Crippen molar-refractivity contribution in [2.45, 2.75) is 25.5 Å². The molecule has 2 heterocycles. The molecule has 1 aromatic carbocycles. The summed E-state index contributed by atoms with van der Waals surface area (Å²) >= 11 is 12.1. The zero-order chi connectivity index (χ0) is 12.7. The van der Waals surface area contributed by atoms with Crippen LogP contribution in [0.2, 0.25) is 10.2 Å². The van der Waals surface area contributed by atoms with Gasteiger partial charge < -0.3 is 9.67 Å². The molecule has 0 amide bonds. The van der Waals surface area contributed by atoms with E-state index < -0.39 is 6.10 Å². The molecule has 0 fully saturated rings. The number of rotatable bonds is 1. The maximum absolute atomic E-state index is 9.99. The van der Waals surface area contributed by atoms with E-state index in [4.69, 9.17) is 23.2 Å². The molecule has 1 unspecified atom stereocenters. The predicted octanol–water partition coefficient (Wildman–Crippen LogP) is 3.68. The number of benzene rings is 1. The molecular weight excluding hydrogens is 271 g/mol. The second-order valence-corrected chi connectivity index (χ2v) is 5.23. The molecule has 3 rings (SSSR count). The van der Waals surface area contributed by atoms with Crippen LogP contribution >= 0.6 is 23.2 Å². The largest absolute Gasteiger partial charge is 0.387 e. The summed E-state index contributed by atoms with van der Waals surface area (Å²) in [5.41, 5.74) is 1.64. The molecule has 94 valence electrons. The molecule has 5 heteroatoms. The minimum absolute atomic E-state index is 0.386. The molecule has 0 radical (unpaired) electrons. The van der Waals surface area contributed by atoms with Crippen LogP contribution < -0.4 is 0 Å². The van der Waals surface area contributed by atoms with Crippen molar-refractivity contribution in [3.05, 3.63) is 40.1 Å². The van der Waals surface area contributed by atoms with Crippen LogP contribution in [0.3, 0.4) is 0 Å². The lowest BCUT2D eigenvalue weighted by molar-refractivity contribution is 0.139. The number of hydrogen-bond donors (Lipinski definition) is 1. The van der Waals surface area contributed by atoms with Crippen LogP contribution in [0.25, 0.3) is 11.4 Å². The van der Waals surface area contributed by atoms with Crippen molar-refractivity contribution in [3.63, 3.8) is 0 Å². The van der Waals surface area contributed by atoms with E-state index in [-0.39, 0.29) is 0 Å². The van der Waals surface area contributed by atoms with Crippen LogP contribution in [0.5, 0.6) is 0 Å². The van der Waals surface area contributed by atoms with E-state index in [1.54, 1.807) is 0 Å². The van der Waals surface area contributed by atoms with Gasteiger partial charge in [0.25, 0.3) is 0 Å². The lowest BCUT2D eigenvalue weighted by Crippen LogP contribution is -2.15. The molecule has 0 saturated carbocycles. The molecule has 0 spiro atoms. The number of aliphatic hydroxyl groups excluding tert-OH is 1. The van der Waals surface area contributed by atoms with E-state index in [0.29, 0.717) is 10.2 Å². The highest BCUT2D eigenvalue weighted by Crippen LogP contribution is 2.35. The van der Waals surface area contributed by atoms with Gasteiger partial charge in [0.15, 0.2) is 5.15 Å². The first-order valence-electron chi connectivity index (χ1n) is 5.87. The Labute approximate surface area is 115 Å². The van der Waals surface area contributed by atoms with Gasteiger partial charge >= 0.3 is 0 Å². The number of fused-ring (bicyclic) bond motifs is 1. The van der Waals surface area contributed by atoms with Crippen molar-refractivity contribution in [2.75, 3.05) is 0 Å². The van der Waals surface area contributed by atoms with Crippen LogP contribution in [0, 0.1) is 0 Å². The highest BCUT2D eigenvalue weighted by atomic mass is 35.5. The molecule has 3 nitrogen and oxygen atoms in total. The van der Waals surface area contributed by atoms with Gasteiger partial charge in [0.2, 0.25) is 0 Å². The Hall–Kier alpha value is -1.03. The summed E-state index contributed by atoms with van der Waals surface area (Å²) < 4.78 is 1.99. The summed E-state index contributed by atoms with van der Waals surface area (Å²) in [6, 6.07) is 7.50. The van der Waals surface area contributed by atoms with Gasteiger partial charge in [0, 0.05) is 17.1 Å². The summed E-state index contributed by atoms with van der Waals surface area (Å²) in [7, 11) is 0. The lowest BCUT2D eigenvalue weighted by Gasteiger charge is -2.21. The van der Waals surface area contributed by atoms with Gasteiger partial charge in [-0.1, -0.05) is 35.3 Å². The number of aromatic nitrogens is 2. The Balaban J connectivity index is 2.16. The van der Waals surface area contributed by atoms with Crippen molar-refractivity contribution in [1.82, 2.24) is 9.55 Å². The first-order valence-corrected chi connectivity index (χ1v) is 6.62. The fourth-order valence-electron chi connectivity index (χ4n) is 2.41. The predicted molar refractivity (Wildman–Crippen MR) is 71.9 cm³/mol. The van der Waals surface area contributed by atoms with E-state index in [1.165, 1.54) is 0 Å². The molecule has 1 atom stereocenters. The van der Waals surface area contributed by atoms with Gasteiger partial charge in [0.05, 0.1) is 11.8 Å². The van der Waals surface area contributed by atoms with Crippen molar-refractivity contribution in [3.8, 4) is 11.4 Å². The minimum Gasteiger partial charge on any atom is -0.387 e. The molecule has 18 heavy (non-hydrogen) atoms. The van der Waals surface area contributed by atoms with Gasteiger partial charge in [-0.2, -0.15) is 0 Å². The average Bonchev–Trinajstić information content (AvgIpc) is 2.68. The smallest absolute Gasteiger partial charge is 0.153 e. The maximum atomic E-state index is 9.99. The maximum Gasteiger partial charge on any atom is 0.153 e. The summed E-state index contributed by atoms with van der Waals surface area (Å²) in [4.78, 5) is 4.36. The number of nitrogens with zero attached hydrogens (tertiary/aromatic N) is 2. The van der Waals surface area contributed by atoms with Crippen molar-refractivity contribution in [1.29, 1.82) is 0 Å². The van der Waals surface area contributed by atoms with E-state index in [9.17, 15) is 5.11 Å². The summed E-state index contributed by atoms with van der Waals surface area (Å²) in [6.07, 6.45) is 1.14. The van der Waals surface area contributed by atoms with Crippen molar-refractivity contribution < 1.29 is 5.11 Å². The van der Waals surface area contributed by atoms with Crippen molar-refractivity contribution in [2.24, 2.45) is 0 Å². The van der Waals surface area contributed by atoms with E-state index >= 15 is 0 Å². The molecule has 1 aromatic heterocycles. The second kappa shape index (κ2) is 4.57. The van der Waals surface area contributed by atoms with Gasteiger partial charge in [-0.25, -0.2) is 4.98 Å². The Morgan fingerprint density at radius 1 is 1.33 bits per heavy atom. The zero-order valence-corrected chi connectivity index (χ0v) is 11.1. The quantitative estimate of drug-likeness (QED) is 0.866. The summed E-state index contributed by atoms with van der Waals surface area (Å²) in [5, 5.41) is 11.0. The Kier molecular flexibility index (Phi) is 3.06. The van der Waals surface area contributed by atoms with Gasteiger partial charge in [-0.3, -0.25) is 0 Å². The fourth-order valence-corrected chi connectivity index (χ4v) is 2.91. The molecular formula is C13H12Cl2N2O. The Bertz CT molecular complexity index is 595. The highest BCUT2D eigenvalue weighted by Gasteiger charge is 2.26. The minimum atomic E-state index is -0.522. The molecule has 0 aliphatic carbocycles. The zero-order valence-electron chi connectivity index (χ0n) is 9.61. The number of hydrogen-bond acceptors (Lipinski definition) is 2. The van der Waals surface area contributed by atoms with Crippen LogP contribution in [0.1, 0.15) is 24.6 Å². The molecule has 1 aliphatic rings. The normalized spacial score (nSPS) is 18.7. The van der Waals surface area contributed by atoms with E-state index in [1.807, 2.05) is 28.8 Å². The van der Waals surface area contributed by atoms with Crippen LogP contribution in [-0.4, -0.2) is 14.7 Å². The van der Waals surface area contributed by atoms with E-state index in [2.05, 4.69) is 4.98 Å².